The summed E-state index contributed by atoms with van der Waals surface area (Å²) in [5.41, 5.74) is 7.43. The summed E-state index contributed by atoms with van der Waals surface area (Å²) in [6, 6.07) is 8.47. The lowest BCUT2D eigenvalue weighted by Gasteiger charge is -2.14. The fourth-order valence-corrected chi connectivity index (χ4v) is 2.67. The SMILES string of the molecule is CC(C)n1c(CCNC(=O)C2(N)CC2)nc2ccccc21.Cl.Cl. The summed E-state index contributed by atoms with van der Waals surface area (Å²) in [7, 11) is 0. The van der Waals surface area contributed by atoms with Crippen LogP contribution in [0.5, 0.6) is 0 Å². The molecule has 1 aromatic carbocycles. The van der Waals surface area contributed by atoms with Gasteiger partial charge < -0.3 is 15.6 Å². The number of halogens is 2. The van der Waals surface area contributed by atoms with Crippen molar-refractivity contribution in [3.8, 4) is 0 Å². The maximum atomic E-state index is 11.8. The molecule has 1 heterocycles. The highest BCUT2D eigenvalue weighted by molar-refractivity contribution is 5.89. The van der Waals surface area contributed by atoms with Gasteiger partial charge in [-0.05, 0) is 38.8 Å². The van der Waals surface area contributed by atoms with Crippen molar-refractivity contribution in [2.45, 2.75) is 44.7 Å². The van der Waals surface area contributed by atoms with E-state index in [9.17, 15) is 4.79 Å². The van der Waals surface area contributed by atoms with E-state index < -0.39 is 5.54 Å². The number of para-hydroxylation sites is 2. The molecule has 7 heteroatoms. The summed E-state index contributed by atoms with van der Waals surface area (Å²) >= 11 is 0. The van der Waals surface area contributed by atoms with E-state index in [-0.39, 0.29) is 30.7 Å². The van der Waals surface area contributed by atoms with Gasteiger partial charge in [-0.1, -0.05) is 12.1 Å². The zero-order valence-electron chi connectivity index (χ0n) is 13.4. The molecule has 0 saturated heterocycles. The second kappa shape index (κ2) is 7.51. The Morgan fingerprint density at radius 1 is 1.35 bits per heavy atom. The van der Waals surface area contributed by atoms with Gasteiger partial charge in [0.2, 0.25) is 5.91 Å². The Hall–Kier alpha value is -1.30. The summed E-state index contributed by atoms with van der Waals surface area (Å²) in [6.45, 7) is 4.87. The molecule has 0 radical (unpaired) electrons. The predicted molar refractivity (Wildman–Crippen MR) is 97.5 cm³/mol. The number of carbonyl (C=O) groups excluding carboxylic acids is 1. The summed E-state index contributed by atoms with van der Waals surface area (Å²) in [5.74, 6) is 0.975. The Labute approximate surface area is 148 Å². The summed E-state index contributed by atoms with van der Waals surface area (Å²) in [6.07, 6.45) is 2.31. The van der Waals surface area contributed by atoms with E-state index in [1.54, 1.807) is 0 Å². The van der Waals surface area contributed by atoms with Gasteiger partial charge in [0, 0.05) is 19.0 Å². The van der Waals surface area contributed by atoms with Crippen LogP contribution in [0.4, 0.5) is 0 Å². The normalized spacial score (nSPS) is 15.0. The van der Waals surface area contributed by atoms with Gasteiger partial charge in [-0.2, -0.15) is 0 Å². The Morgan fingerprint density at radius 2 is 2.00 bits per heavy atom. The van der Waals surface area contributed by atoms with E-state index in [1.807, 2.05) is 18.2 Å². The van der Waals surface area contributed by atoms with Gasteiger partial charge in [0.1, 0.15) is 5.82 Å². The second-order valence-corrected chi connectivity index (χ2v) is 6.14. The minimum Gasteiger partial charge on any atom is -0.354 e. The first-order valence-corrected chi connectivity index (χ1v) is 7.54. The highest BCUT2D eigenvalue weighted by Crippen LogP contribution is 2.32. The van der Waals surface area contributed by atoms with E-state index in [0.29, 0.717) is 19.0 Å². The molecule has 5 nitrogen and oxygen atoms in total. The van der Waals surface area contributed by atoms with Crippen molar-refractivity contribution in [2.75, 3.05) is 6.54 Å². The molecule has 0 bridgehead atoms. The molecule has 1 fully saturated rings. The number of hydrogen-bond donors (Lipinski definition) is 2. The van der Waals surface area contributed by atoms with Crippen LogP contribution in [0.15, 0.2) is 24.3 Å². The maximum absolute atomic E-state index is 11.8. The van der Waals surface area contributed by atoms with Crippen LogP contribution in [-0.4, -0.2) is 27.5 Å². The maximum Gasteiger partial charge on any atom is 0.240 e. The third-order valence-corrected chi connectivity index (χ3v) is 4.06. The number of benzene rings is 1. The number of nitrogens with one attached hydrogen (secondary N) is 1. The molecule has 0 aliphatic heterocycles. The van der Waals surface area contributed by atoms with Gasteiger partial charge in [-0.3, -0.25) is 4.79 Å². The lowest BCUT2D eigenvalue weighted by Crippen LogP contribution is -2.43. The smallest absolute Gasteiger partial charge is 0.240 e. The minimum atomic E-state index is -0.599. The summed E-state index contributed by atoms with van der Waals surface area (Å²) in [4.78, 5) is 16.5. The van der Waals surface area contributed by atoms with Crippen molar-refractivity contribution < 1.29 is 4.79 Å². The average Bonchev–Trinajstić information content (AvgIpc) is 3.09. The largest absolute Gasteiger partial charge is 0.354 e. The molecule has 0 atom stereocenters. The molecule has 1 amide bonds. The van der Waals surface area contributed by atoms with Gasteiger partial charge >= 0.3 is 0 Å². The predicted octanol–water partition coefficient (Wildman–Crippen LogP) is 2.61. The third-order valence-electron chi connectivity index (χ3n) is 4.06. The lowest BCUT2D eigenvalue weighted by atomic mass is 10.2. The molecular weight excluding hydrogens is 335 g/mol. The molecule has 3 rings (SSSR count). The van der Waals surface area contributed by atoms with Crippen LogP contribution in [-0.2, 0) is 11.2 Å². The van der Waals surface area contributed by atoms with Gasteiger partial charge in [-0.25, -0.2) is 4.98 Å². The first kappa shape index (κ1) is 19.7. The second-order valence-electron chi connectivity index (χ2n) is 6.14. The zero-order chi connectivity index (χ0) is 15.0. The standard InChI is InChI=1S/C16H22N4O.2ClH/c1-11(2)20-13-6-4-3-5-12(13)19-14(20)7-10-18-15(21)16(17)8-9-16;;/h3-6,11H,7-10,17H2,1-2H3,(H,18,21);2*1H. The van der Waals surface area contributed by atoms with Crippen LogP contribution in [0.25, 0.3) is 11.0 Å². The lowest BCUT2D eigenvalue weighted by molar-refractivity contribution is -0.123. The van der Waals surface area contributed by atoms with Crippen molar-refractivity contribution in [3.63, 3.8) is 0 Å². The molecule has 128 valence electrons. The molecule has 1 saturated carbocycles. The van der Waals surface area contributed by atoms with Crippen LogP contribution in [0.3, 0.4) is 0 Å². The number of aromatic nitrogens is 2. The van der Waals surface area contributed by atoms with Gasteiger partial charge in [0.05, 0.1) is 16.6 Å². The molecule has 1 aliphatic rings. The Morgan fingerprint density at radius 3 is 2.61 bits per heavy atom. The van der Waals surface area contributed by atoms with Crippen LogP contribution in [0, 0.1) is 0 Å². The molecule has 23 heavy (non-hydrogen) atoms. The number of nitrogens with two attached hydrogens (primary N) is 1. The summed E-state index contributed by atoms with van der Waals surface area (Å²) in [5, 5.41) is 2.93. The van der Waals surface area contributed by atoms with Crippen molar-refractivity contribution in [3.05, 3.63) is 30.1 Å². The fourth-order valence-electron chi connectivity index (χ4n) is 2.67. The average molecular weight is 359 g/mol. The molecule has 1 aliphatic carbocycles. The number of nitrogens with zero attached hydrogens (tertiary/aromatic N) is 2. The van der Waals surface area contributed by atoms with Crippen LogP contribution in [0.1, 0.15) is 38.6 Å². The van der Waals surface area contributed by atoms with E-state index in [4.69, 9.17) is 5.73 Å². The number of rotatable bonds is 5. The topological polar surface area (TPSA) is 72.9 Å². The quantitative estimate of drug-likeness (QED) is 0.862. The number of amides is 1. The zero-order valence-corrected chi connectivity index (χ0v) is 15.0. The van der Waals surface area contributed by atoms with Crippen molar-refractivity contribution in [1.82, 2.24) is 14.9 Å². The van der Waals surface area contributed by atoms with Gasteiger partial charge in [0.25, 0.3) is 0 Å². The molecule has 2 aromatic rings. The van der Waals surface area contributed by atoms with Crippen LogP contribution >= 0.6 is 24.8 Å². The number of fused-ring (bicyclic) bond motifs is 1. The molecule has 3 N–H and O–H groups in total. The molecule has 0 spiro atoms. The highest BCUT2D eigenvalue weighted by atomic mass is 35.5. The number of hydrogen-bond acceptors (Lipinski definition) is 3. The van der Waals surface area contributed by atoms with Crippen molar-refractivity contribution in [2.24, 2.45) is 5.73 Å². The van der Waals surface area contributed by atoms with Crippen molar-refractivity contribution in [1.29, 1.82) is 0 Å². The van der Waals surface area contributed by atoms with E-state index >= 15 is 0 Å². The first-order chi connectivity index (χ1) is 10.0. The number of carbonyl (C=O) groups is 1. The molecule has 1 aromatic heterocycles. The molecular formula is C16H24Cl2N4O. The first-order valence-electron chi connectivity index (χ1n) is 7.54. The fraction of sp³-hybridized carbons (Fsp3) is 0.500. The Kier molecular flexibility index (Phi) is 6.45. The summed E-state index contributed by atoms with van der Waals surface area (Å²) < 4.78 is 2.23. The van der Waals surface area contributed by atoms with Gasteiger partial charge in [0.15, 0.2) is 0 Å². The van der Waals surface area contributed by atoms with E-state index in [0.717, 1.165) is 29.7 Å². The monoisotopic (exact) mass is 358 g/mol. The third kappa shape index (κ3) is 3.97. The van der Waals surface area contributed by atoms with E-state index in [2.05, 4.69) is 34.8 Å². The van der Waals surface area contributed by atoms with Crippen LogP contribution in [0.2, 0.25) is 0 Å². The Bertz CT molecular complexity index is 680. The highest BCUT2D eigenvalue weighted by Gasteiger charge is 2.45. The Balaban J connectivity index is 0.00000132. The van der Waals surface area contributed by atoms with Crippen molar-refractivity contribution >= 4 is 41.8 Å². The van der Waals surface area contributed by atoms with Crippen LogP contribution < -0.4 is 11.1 Å². The van der Waals surface area contributed by atoms with E-state index in [1.165, 1.54) is 0 Å². The number of imidazole rings is 1. The molecule has 0 unspecified atom stereocenters. The van der Waals surface area contributed by atoms with Gasteiger partial charge in [-0.15, -0.1) is 24.8 Å². The minimum absolute atomic E-state index is 0.